The van der Waals surface area contributed by atoms with Gasteiger partial charge in [0.15, 0.2) is 0 Å². The lowest BCUT2D eigenvalue weighted by molar-refractivity contribution is 0.122. The van der Waals surface area contributed by atoms with Crippen LogP contribution >= 0.6 is 0 Å². The van der Waals surface area contributed by atoms with E-state index < -0.39 is 0 Å². The third-order valence-corrected chi connectivity index (χ3v) is 6.40. The van der Waals surface area contributed by atoms with Crippen molar-refractivity contribution in [1.29, 1.82) is 0 Å². The standard InChI is InChI=1S/C25H26FN7O2/c26-18-5-7-19(8-6-18)35-20-9-11-31(12-10-20)23-28-24(32-13-15-34-16-14-32)30-25(29-23)33-17-27-21-3-1-2-4-22(21)33/h1-8,17,20H,9-16H2. The molecule has 4 aromatic rings. The number of para-hydroxylation sites is 2. The summed E-state index contributed by atoms with van der Waals surface area (Å²) in [4.78, 5) is 23.3. The van der Waals surface area contributed by atoms with Gasteiger partial charge in [0.1, 0.15) is 24.0 Å². The van der Waals surface area contributed by atoms with Crippen molar-refractivity contribution < 1.29 is 13.9 Å². The third kappa shape index (κ3) is 4.61. The number of piperidine rings is 1. The fraction of sp³-hybridized carbons (Fsp3) is 0.360. The number of fused-ring (bicyclic) bond motifs is 1. The van der Waals surface area contributed by atoms with E-state index in [1.165, 1.54) is 12.1 Å². The van der Waals surface area contributed by atoms with Crippen LogP contribution in [0.5, 0.6) is 5.75 Å². The van der Waals surface area contributed by atoms with Crippen LogP contribution in [0.25, 0.3) is 17.0 Å². The Morgan fingerprint density at radius 3 is 2.20 bits per heavy atom. The summed E-state index contributed by atoms with van der Waals surface area (Å²) in [7, 11) is 0. The topological polar surface area (TPSA) is 81.4 Å². The number of benzene rings is 2. The van der Waals surface area contributed by atoms with E-state index in [-0.39, 0.29) is 11.9 Å². The molecule has 6 rings (SSSR count). The Labute approximate surface area is 202 Å². The molecule has 0 amide bonds. The zero-order chi connectivity index (χ0) is 23.6. The van der Waals surface area contributed by atoms with E-state index in [2.05, 4.69) is 14.8 Å². The van der Waals surface area contributed by atoms with Crippen molar-refractivity contribution in [3.8, 4) is 11.7 Å². The molecule has 0 radical (unpaired) electrons. The van der Waals surface area contributed by atoms with Gasteiger partial charge in [0.25, 0.3) is 0 Å². The lowest BCUT2D eigenvalue weighted by Gasteiger charge is -2.33. The summed E-state index contributed by atoms with van der Waals surface area (Å²) < 4.78 is 26.7. The lowest BCUT2D eigenvalue weighted by atomic mass is 10.1. The summed E-state index contributed by atoms with van der Waals surface area (Å²) in [5.41, 5.74) is 1.84. The molecule has 0 bridgehead atoms. The Kier molecular flexibility index (Phi) is 5.87. The number of anilines is 2. The third-order valence-electron chi connectivity index (χ3n) is 6.40. The number of hydrogen-bond acceptors (Lipinski definition) is 8. The van der Waals surface area contributed by atoms with Crippen LogP contribution in [-0.4, -0.2) is 70.0 Å². The molecule has 2 aliphatic rings. The van der Waals surface area contributed by atoms with E-state index in [4.69, 9.17) is 24.4 Å². The van der Waals surface area contributed by atoms with Crippen molar-refractivity contribution >= 4 is 22.9 Å². The first-order chi connectivity index (χ1) is 17.2. The average Bonchev–Trinajstić information content (AvgIpc) is 3.35. The van der Waals surface area contributed by atoms with E-state index in [0.717, 1.165) is 50.1 Å². The van der Waals surface area contributed by atoms with Gasteiger partial charge in [0.2, 0.25) is 17.8 Å². The van der Waals surface area contributed by atoms with Crippen LogP contribution in [0.3, 0.4) is 0 Å². The van der Waals surface area contributed by atoms with Crippen LogP contribution < -0.4 is 14.5 Å². The van der Waals surface area contributed by atoms with Crippen LogP contribution in [0.1, 0.15) is 12.8 Å². The minimum absolute atomic E-state index is 0.0642. The normalized spacial score (nSPS) is 17.2. The molecule has 0 saturated carbocycles. The Morgan fingerprint density at radius 1 is 0.800 bits per heavy atom. The molecule has 4 heterocycles. The molecule has 10 heteroatoms. The van der Waals surface area contributed by atoms with Gasteiger partial charge in [-0.3, -0.25) is 4.57 Å². The average molecular weight is 476 g/mol. The monoisotopic (exact) mass is 475 g/mol. The molecule has 0 N–H and O–H groups in total. The van der Waals surface area contributed by atoms with Gasteiger partial charge in [-0.25, -0.2) is 9.37 Å². The largest absolute Gasteiger partial charge is 0.490 e. The highest BCUT2D eigenvalue weighted by molar-refractivity contribution is 5.76. The molecule has 2 aromatic heterocycles. The van der Waals surface area contributed by atoms with Gasteiger partial charge < -0.3 is 19.3 Å². The van der Waals surface area contributed by atoms with Crippen molar-refractivity contribution in [2.45, 2.75) is 18.9 Å². The SMILES string of the molecule is Fc1ccc(OC2CCN(c3nc(N4CCOCC4)nc(-n4cnc5ccccc54)n3)CC2)cc1. The minimum atomic E-state index is -0.264. The second kappa shape index (κ2) is 9.46. The maximum Gasteiger partial charge on any atom is 0.242 e. The lowest BCUT2D eigenvalue weighted by Crippen LogP contribution is -2.41. The minimum Gasteiger partial charge on any atom is -0.490 e. The smallest absolute Gasteiger partial charge is 0.242 e. The fourth-order valence-electron chi connectivity index (χ4n) is 4.50. The second-order valence-electron chi connectivity index (χ2n) is 8.70. The number of halogens is 1. The maximum absolute atomic E-state index is 13.2. The Hall–Kier alpha value is -3.79. The van der Waals surface area contributed by atoms with Gasteiger partial charge in [0.05, 0.1) is 24.2 Å². The molecule has 0 unspecified atom stereocenters. The van der Waals surface area contributed by atoms with E-state index >= 15 is 0 Å². The summed E-state index contributed by atoms with van der Waals surface area (Å²) in [5.74, 6) is 2.27. The molecule has 0 atom stereocenters. The molecular formula is C25H26FN7O2. The van der Waals surface area contributed by atoms with Crippen LogP contribution in [-0.2, 0) is 4.74 Å². The second-order valence-corrected chi connectivity index (χ2v) is 8.70. The van der Waals surface area contributed by atoms with Crippen molar-refractivity contribution in [2.24, 2.45) is 0 Å². The molecule has 35 heavy (non-hydrogen) atoms. The molecule has 9 nitrogen and oxygen atoms in total. The molecule has 2 aromatic carbocycles. The van der Waals surface area contributed by atoms with Crippen molar-refractivity contribution in [2.75, 3.05) is 49.2 Å². The first-order valence-electron chi connectivity index (χ1n) is 11.9. The van der Waals surface area contributed by atoms with Gasteiger partial charge >= 0.3 is 0 Å². The molecule has 0 aliphatic carbocycles. The number of ether oxygens (including phenoxy) is 2. The van der Waals surface area contributed by atoms with E-state index in [9.17, 15) is 4.39 Å². The highest BCUT2D eigenvalue weighted by Gasteiger charge is 2.25. The summed E-state index contributed by atoms with van der Waals surface area (Å²) in [6.45, 7) is 4.28. The summed E-state index contributed by atoms with van der Waals surface area (Å²) in [5, 5.41) is 0. The number of nitrogens with zero attached hydrogens (tertiary/aromatic N) is 7. The van der Waals surface area contributed by atoms with Crippen molar-refractivity contribution in [3.05, 3.63) is 60.7 Å². The van der Waals surface area contributed by atoms with Crippen molar-refractivity contribution in [3.63, 3.8) is 0 Å². The molecule has 0 spiro atoms. The number of morpholine rings is 1. The van der Waals surface area contributed by atoms with Gasteiger partial charge in [-0.05, 0) is 36.4 Å². The molecule has 2 aliphatic heterocycles. The Bertz CT molecular complexity index is 1300. The number of imidazole rings is 1. The summed E-state index contributed by atoms with van der Waals surface area (Å²) >= 11 is 0. The molecule has 2 saturated heterocycles. The predicted octanol–water partition coefficient (Wildman–Crippen LogP) is 3.23. The van der Waals surface area contributed by atoms with Gasteiger partial charge in [-0.2, -0.15) is 15.0 Å². The van der Waals surface area contributed by atoms with Gasteiger partial charge in [0, 0.05) is 39.0 Å². The fourth-order valence-corrected chi connectivity index (χ4v) is 4.50. The first-order valence-corrected chi connectivity index (χ1v) is 11.9. The van der Waals surface area contributed by atoms with E-state index in [1.807, 2.05) is 28.8 Å². The highest BCUT2D eigenvalue weighted by Crippen LogP contribution is 2.25. The highest BCUT2D eigenvalue weighted by atomic mass is 19.1. The Balaban J connectivity index is 1.26. The van der Waals surface area contributed by atoms with Crippen LogP contribution in [0.15, 0.2) is 54.9 Å². The summed E-state index contributed by atoms with van der Waals surface area (Å²) in [6.07, 6.45) is 3.46. The van der Waals surface area contributed by atoms with E-state index in [0.29, 0.717) is 36.8 Å². The predicted molar refractivity (Wildman–Crippen MR) is 130 cm³/mol. The zero-order valence-corrected chi connectivity index (χ0v) is 19.3. The van der Waals surface area contributed by atoms with E-state index in [1.54, 1.807) is 18.5 Å². The van der Waals surface area contributed by atoms with Crippen LogP contribution in [0.2, 0.25) is 0 Å². The van der Waals surface area contributed by atoms with Crippen LogP contribution in [0, 0.1) is 5.82 Å². The molecule has 2 fully saturated rings. The van der Waals surface area contributed by atoms with Crippen molar-refractivity contribution in [1.82, 2.24) is 24.5 Å². The maximum atomic E-state index is 13.2. The number of rotatable bonds is 5. The summed E-state index contributed by atoms with van der Waals surface area (Å²) in [6, 6.07) is 14.1. The Morgan fingerprint density at radius 2 is 1.46 bits per heavy atom. The first kappa shape index (κ1) is 21.7. The molecule has 180 valence electrons. The quantitative estimate of drug-likeness (QED) is 0.435. The number of hydrogen-bond donors (Lipinski definition) is 0. The van der Waals surface area contributed by atoms with Gasteiger partial charge in [-0.15, -0.1) is 0 Å². The number of aromatic nitrogens is 5. The van der Waals surface area contributed by atoms with Crippen LogP contribution in [0.4, 0.5) is 16.3 Å². The zero-order valence-electron chi connectivity index (χ0n) is 19.3. The van der Waals surface area contributed by atoms with Gasteiger partial charge in [-0.1, -0.05) is 12.1 Å². The molecular weight excluding hydrogens is 449 g/mol.